The molecule has 2 atom stereocenters. The summed E-state index contributed by atoms with van der Waals surface area (Å²) in [6.45, 7) is 1.71. The molecule has 1 aliphatic carbocycles. The number of phenolic OH excluding ortho intramolecular Hbond substituents is 1. The second kappa shape index (κ2) is 5.88. The Balaban J connectivity index is 2.27. The summed E-state index contributed by atoms with van der Waals surface area (Å²) in [6.07, 6.45) is 2.33. The fourth-order valence-electron chi connectivity index (χ4n) is 3.55. The van der Waals surface area contributed by atoms with Gasteiger partial charge in [0.2, 0.25) is 0 Å². The van der Waals surface area contributed by atoms with Gasteiger partial charge in [-0.25, -0.2) is 8.78 Å². The maximum Gasteiger partial charge on any atom is 0.128 e. The molecule has 1 N–H and O–H groups in total. The first kappa shape index (κ1) is 17.0. The Morgan fingerprint density at radius 2 is 1.71 bits per heavy atom. The molecule has 0 saturated carbocycles. The molecule has 0 aliphatic heterocycles. The van der Waals surface area contributed by atoms with E-state index >= 15 is 0 Å². The zero-order valence-electron chi connectivity index (χ0n) is 13.5. The number of benzene rings is 2. The summed E-state index contributed by atoms with van der Waals surface area (Å²) in [5, 5.41) is 9.46. The maximum absolute atomic E-state index is 14.7. The molecule has 2 unspecified atom stereocenters. The van der Waals surface area contributed by atoms with E-state index < -0.39 is 25.9 Å². The Bertz CT molecular complexity index is 873. The lowest BCUT2D eigenvalue weighted by Crippen LogP contribution is -2.34. The first-order valence-electron chi connectivity index (χ1n) is 7.90. The van der Waals surface area contributed by atoms with Crippen LogP contribution in [0.1, 0.15) is 37.3 Å². The normalized spacial score (nSPS) is 23.1. The zero-order chi connectivity index (χ0) is 17.5. The van der Waals surface area contributed by atoms with Gasteiger partial charge in [-0.2, -0.15) is 0 Å². The molecule has 24 heavy (non-hydrogen) atoms. The van der Waals surface area contributed by atoms with Gasteiger partial charge in [0.1, 0.15) is 17.4 Å². The van der Waals surface area contributed by atoms with E-state index in [9.17, 15) is 18.1 Å². The average molecular weight is 350 g/mol. The van der Waals surface area contributed by atoms with Crippen LogP contribution in [0.3, 0.4) is 0 Å². The van der Waals surface area contributed by atoms with Crippen LogP contribution in [0.15, 0.2) is 41.3 Å². The highest BCUT2D eigenvalue weighted by Gasteiger charge is 2.42. The lowest BCUT2D eigenvalue weighted by atomic mass is 9.92. The van der Waals surface area contributed by atoms with E-state index in [2.05, 4.69) is 5.87 Å². The number of halogens is 2. The number of rotatable bonds is 2. The first-order valence-corrected chi connectivity index (χ1v) is 9.63. The zero-order valence-corrected chi connectivity index (χ0v) is 14.3. The summed E-state index contributed by atoms with van der Waals surface area (Å²) in [4.78, 5) is 0.430. The van der Waals surface area contributed by atoms with Gasteiger partial charge in [-0.1, -0.05) is 6.42 Å². The van der Waals surface area contributed by atoms with Gasteiger partial charge in [0, 0.05) is 20.0 Å². The van der Waals surface area contributed by atoms with Crippen LogP contribution < -0.4 is 0 Å². The van der Waals surface area contributed by atoms with Crippen LogP contribution in [0, 0.1) is 11.6 Å². The van der Waals surface area contributed by atoms with Crippen LogP contribution in [-0.2, 0) is 20.7 Å². The van der Waals surface area contributed by atoms with Gasteiger partial charge in [-0.15, -0.1) is 0 Å². The maximum atomic E-state index is 14.7. The molecule has 128 valence electrons. The average Bonchev–Trinajstić information content (AvgIpc) is 2.73. The molecule has 2 aromatic carbocycles. The van der Waals surface area contributed by atoms with Crippen molar-refractivity contribution in [1.29, 1.82) is 0 Å². The quantitative estimate of drug-likeness (QED) is 0.644. The molecule has 3 rings (SSSR count). The summed E-state index contributed by atoms with van der Waals surface area (Å²) < 4.78 is 41.5. The molecule has 0 saturated heterocycles. The minimum atomic E-state index is -2.97. The minimum Gasteiger partial charge on any atom is -0.508 e. The van der Waals surface area contributed by atoms with Crippen LogP contribution in [0.4, 0.5) is 8.78 Å². The summed E-state index contributed by atoms with van der Waals surface area (Å²) in [5.74, 6) is 2.99. The molecule has 0 spiro atoms. The van der Waals surface area contributed by atoms with Crippen molar-refractivity contribution in [3.05, 3.63) is 59.2 Å². The van der Waals surface area contributed by atoms with Gasteiger partial charge >= 0.3 is 0 Å². The first-order chi connectivity index (χ1) is 11.3. The lowest BCUT2D eigenvalue weighted by molar-refractivity contribution is 0.474. The number of hydrogen-bond acceptors (Lipinski definition) is 2. The van der Waals surface area contributed by atoms with Crippen LogP contribution >= 0.6 is 0 Å². The fourth-order valence-corrected chi connectivity index (χ4v) is 5.68. The highest BCUT2D eigenvalue weighted by atomic mass is 32.2. The second-order valence-corrected chi connectivity index (χ2v) is 9.21. The SMILES string of the molecule is C=S(=O)(c1ccc(O)cc1)C1(C)CCCCc2c(F)ccc(F)c21. The second-order valence-electron chi connectivity index (χ2n) is 6.49. The van der Waals surface area contributed by atoms with Gasteiger partial charge in [0.25, 0.3) is 0 Å². The number of hydrogen-bond donors (Lipinski definition) is 1. The molecule has 0 radical (unpaired) electrons. The summed E-state index contributed by atoms with van der Waals surface area (Å²) >= 11 is 0. The summed E-state index contributed by atoms with van der Waals surface area (Å²) in [6, 6.07) is 8.18. The van der Waals surface area contributed by atoms with Crippen molar-refractivity contribution in [2.45, 2.75) is 42.2 Å². The van der Waals surface area contributed by atoms with Gasteiger partial charge in [0.05, 0.1) is 4.75 Å². The van der Waals surface area contributed by atoms with E-state index in [0.717, 1.165) is 12.1 Å². The molecule has 0 aromatic heterocycles. The third kappa shape index (κ3) is 2.51. The van der Waals surface area contributed by atoms with Gasteiger partial charge in [-0.05, 0) is 74.0 Å². The summed E-state index contributed by atoms with van der Waals surface area (Å²) in [7, 11) is -2.97. The van der Waals surface area contributed by atoms with Crippen molar-refractivity contribution in [2.24, 2.45) is 0 Å². The largest absolute Gasteiger partial charge is 0.508 e. The monoisotopic (exact) mass is 350 g/mol. The van der Waals surface area contributed by atoms with E-state index in [-0.39, 0.29) is 11.3 Å². The Kier molecular flexibility index (Phi) is 4.16. The highest BCUT2D eigenvalue weighted by Crippen LogP contribution is 2.45. The molecular formula is C19H20F2O2S. The molecule has 5 heteroatoms. The minimum absolute atomic E-state index is 0.0533. The van der Waals surface area contributed by atoms with Gasteiger partial charge in [-0.3, -0.25) is 4.21 Å². The molecule has 0 heterocycles. The van der Waals surface area contributed by atoms with E-state index in [0.29, 0.717) is 36.1 Å². The lowest BCUT2D eigenvalue weighted by Gasteiger charge is -2.34. The Morgan fingerprint density at radius 3 is 2.38 bits per heavy atom. The molecule has 1 aliphatic rings. The van der Waals surface area contributed by atoms with Crippen molar-refractivity contribution >= 4 is 15.4 Å². The van der Waals surface area contributed by atoms with Crippen molar-refractivity contribution < 1.29 is 18.1 Å². The number of fused-ring (bicyclic) bond motifs is 1. The molecule has 2 aromatic rings. The third-order valence-electron chi connectivity index (χ3n) is 5.01. The molecule has 0 amide bonds. The molecular weight excluding hydrogens is 330 g/mol. The molecule has 0 fully saturated rings. The van der Waals surface area contributed by atoms with E-state index in [1.165, 1.54) is 24.3 Å². The van der Waals surface area contributed by atoms with E-state index in [1.807, 2.05) is 0 Å². The predicted molar refractivity (Wildman–Crippen MR) is 92.9 cm³/mol. The topological polar surface area (TPSA) is 37.3 Å². The van der Waals surface area contributed by atoms with Gasteiger partial charge < -0.3 is 5.11 Å². The Labute approximate surface area is 141 Å². The Hall–Kier alpha value is -1.88. The van der Waals surface area contributed by atoms with Gasteiger partial charge in [0.15, 0.2) is 0 Å². The number of phenols is 1. The fraction of sp³-hybridized carbons (Fsp3) is 0.316. The smallest absolute Gasteiger partial charge is 0.128 e. The highest BCUT2D eigenvalue weighted by molar-refractivity contribution is 8.01. The number of aromatic hydroxyl groups is 1. The molecule has 0 bridgehead atoms. The standard InChI is InChI=1S/C19H20F2O2S/c1-19(24(2,23)14-8-6-13(22)7-9-14)12-4-3-5-15-16(20)10-11-17(21)18(15)19/h6-11,22H,2-5,12H2,1H3. The van der Waals surface area contributed by atoms with Crippen molar-refractivity contribution in [3.63, 3.8) is 0 Å². The molecule has 2 nitrogen and oxygen atoms in total. The van der Waals surface area contributed by atoms with Crippen LogP contribution in [0.2, 0.25) is 0 Å². The van der Waals surface area contributed by atoms with Crippen molar-refractivity contribution in [3.8, 4) is 5.75 Å². The Morgan fingerprint density at radius 1 is 1.08 bits per heavy atom. The van der Waals surface area contributed by atoms with E-state index in [1.54, 1.807) is 6.92 Å². The summed E-state index contributed by atoms with van der Waals surface area (Å²) in [5.41, 5.74) is 0.498. The van der Waals surface area contributed by atoms with E-state index in [4.69, 9.17) is 0 Å². The third-order valence-corrected chi connectivity index (χ3v) is 7.91. The van der Waals surface area contributed by atoms with Crippen LogP contribution in [-0.4, -0.2) is 15.2 Å². The predicted octanol–water partition coefficient (Wildman–Crippen LogP) is 4.39. The van der Waals surface area contributed by atoms with Crippen molar-refractivity contribution in [2.75, 3.05) is 0 Å². The van der Waals surface area contributed by atoms with Crippen molar-refractivity contribution in [1.82, 2.24) is 0 Å². The van der Waals surface area contributed by atoms with Crippen LogP contribution in [0.25, 0.3) is 0 Å². The van der Waals surface area contributed by atoms with Crippen LogP contribution in [0.5, 0.6) is 5.75 Å².